The van der Waals surface area contributed by atoms with Crippen molar-refractivity contribution in [3.05, 3.63) is 29.8 Å². The molecule has 0 bridgehead atoms. The number of likely N-dealkylation sites (tertiary alicyclic amines) is 1. The van der Waals surface area contributed by atoms with Gasteiger partial charge >= 0.3 is 5.97 Å². The molecule has 1 saturated heterocycles. The molecule has 0 spiro atoms. The molecule has 1 fully saturated rings. The Morgan fingerprint density at radius 3 is 2.65 bits per heavy atom. The zero-order valence-corrected chi connectivity index (χ0v) is 13.9. The van der Waals surface area contributed by atoms with Gasteiger partial charge in [0.25, 0.3) is 5.91 Å². The first kappa shape index (κ1) is 17.5. The van der Waals surface area contributed by atoms with Crippen LogP contribution in [-0.4, -0.2) is 49.1 Å². The van der Waals surface area contributed by atoms with Crippen LogP contribution in [0.2, 0.25) is 0 Å². The van der Waals surface area contributed by atoms with E-state index in [9.17, 15) is 18.0 Å². The van der Waals surface area contributed by atoms with Crippen molar-refractivity contribution in [1.82, 2.24) is 4.90 Å². The van der Waals surface area contributed by atoms with Crippen molar-refractivity contribution < 1.29 is 23.1 Å². The molecule has 1 amide bonds. The molecule has 1 aromatic rings. The number of nitrogens with zero attached hydrogens (tertiary/aromatic N) is 1. The van der Waals surface area contributed by atoms with E-state index >= 15 is 0 Å². The van der Waals surface area contributed by atoms with E-state index in [0.29, 0.717) is 25.8 Å². The maximum absolute atomic E-state index is 12.7. The van der Waals surface area contributed by atoms with Crippen molar-refractivity contribution in [1.29, 1.82) is 0 Å². The topological polar surface area (TPSA) is 91.8 Å². The van der Waals surface area contributed by atoms with E-state index in [0.717, 1.165) is 0 Å². The maximum atomic E-state index is 12.7. The fraction of sp³-hybridized carbons (Fsp3) is 0.500. The van der Waals surface area contributed by atoms with Gasteiger partial charge in [-0.3, -0.25) is 9.59 Å². The van der Waals surface area contributed by atoms with E-state index in [2.05, 4.69) is 0 Å². The zero-order chi connectivity index (χ0) is 17.0. The molecule has 1 aliphatic heterocycles. The molecule has 126 valence electrons. The molecule has 1 aliphatic rings. The van der Waals surface area contributed by atoms with E-state index in [1.807, 2.05) is 0 Å². The molecule has 23 heavy (non-hydrogen) atoms. The first-order valence-electron chi connectivity index (χ1n) is 7.70. The minimum atomic E-state index is -3.52. The van der Waals surface area contributed by atoms with Gasteiger partial charge in [-0.25, -0.2) is 8.42 Å². The van der Waals surface area contributed by atoms with Crippen molar-refractivity contribution in [3.63, 3.8) is 0 Å². The fourth-order valence-electron chi connectivity index (χ4n) is 2.83. The number of carbonyl (C=O) groups is 2. The number of piperidine rings is 1. The highest BCUT2D eigenvalue weighted by molar-refractivity contribution is 7.91. The lowest BCUT2D eigenvalue weighted by molar-refractivity contribution is -0.143. The normalized spacial score (nSPS) is 18.7. The summed E-state index contributed by atoms with van der Waals surface area (Å²) >= 11 is 0. The maximum Gasteiger partial charge on any atom is 0.308 e. The molecule has 1 N–H and O–H groups in total. The third-order valence-corrected chi connectivity index (χ3v) is 5.96. The van der Waals surface area contributed by atoms with Gasteiger partial charge in [-0.15, -0.1) is 0 Å². The van der Waals surface area contributed by atoms with Crippen molar-refractivity contribution in [2.24, 2.45) is 5.92 Å². The van der Waals surface area contributed by atoms with Crippen LogP contribution in [0.4, 0.5) is 0 Å². The second-order valence-corrected chi connectivity index (χ2v) is 7.82. The van der Waals surface area contributed by atoms with Crippen LogP contribution in [0.3, 0.4) is 0 Å². The zero-order valence-electron chi connectivity index (χ0n) is 13.1. The van der Waals surface area contributed by atoms with E-state index in [4.69, 9.17) is 5.11 Å². The number of carboxylic acids is 1. The summed E-state index contributed by atoms with van der Waals surface area (Å²) in [6.45, 7) is 2.34. The van der Waals surface area contributed by atoms with Gasteiger partial charge in [-0.05, 0) is 31.4 Å². The molecule has 1 heterocycles. The average molecular weight is 339 g/mol. The molecule has 0 aromatic heterocycles. The standard InChI is InChI=1S/C16H21NO5S/c1-2-10-23(21,22)14-8-4-3-7-13(14)15(18)17-9-5-6-12(11-17)16(19)20/h3-4,7-8,12H,2,5-6,9-11H2,1H3,(H,19,20)/t12-/m1/s1. The largest absolute Gasteiger partial charge is 0.481 e. The molecular weight excluding hydrogens is 318 g/mol. The van der Waals surface area contributed by atoms with Crippen molar-refractivity contribution in [2.75, 3.05) is 18.8 Å². The quantitative estimate of drug-likeness (QED) is 0.883. The number of carbonyl (C=O) groups excluding carboxylic acids is 1. The van der Waals surface area contributed by atoms with E-state index < -0.39 is 27.6 Å². The minimum absolute atomic E-state index is 0.0188. The van der Waals surface area contributed by atoms with Crippen molar-refractivity contribution >= 4 is 21.7 Å². The van der Waals surface area contributed by atoms with Gasteiger partial charge in [-0.1, -0.05) is 19.1 Å². The Morgan fingerprint density at radius 1 is 1.30 bits per heavy atom. The van der Waals surface area contributed by atoms with Crippen LogP contribution in [-0.2, 0) is 14.6 Å². The smallest absolute Gasteiger partial charge is 0.308 e. The van der Waals surface area contributed by atoms with Crippen LogP contribution in [0.25, 0.3) is 0 Å². The molecule has 7 heteroatoms. The molecule has 6 nitrogen and oxygen atoms in total. The monoisotopic (exact) mass is 339 g/mol. The second kappa shape index (κ2) is 7.12. The third kappa shape index (κ3) is 3.90. The lowest BCUT2D eigenvalue weighted by Gasteiger charge is -2.31. The van der Waals surface area contributed by atoms with Crippen molar-refractivity contribution in [3.8, 4) is 0 Å². The molecular formula is C16H21NO5S. The summed E-state index contributed by atoms with van der Waals surface area (Å²) in [4.78, 5) is 25.3. The summed E-state index contributed by atoms with van der Waals surface area (Å²) in [6, 6.07) is 6.15. The Labute approximate surface area is 136 Å². The van der Waals surface area contributed by atoms with Crippen LogP contribution in [0.15, 0.2) is 29.2 Å². The lowest BCUT2D eigenvalue weighted by Crippen LogP contribution is -2.42. The predicted octanol–water partition coefficient (Wildman–Crippen LogP) is 1.81. The SMILES string of the molecule is CCCS(=O)(=O)c1ccccc1C(=O)N1CCC[C@@H](C(=O)O)C1. The predicted molar refractivity (Wildman–Crippen MR) is 85.0 cm³/mol. The Bertz CT molecular complexity index is 698. The molecule has 0 aliphatic carbocycles. The second-order valence-electron chi connectivity index (χ2n) is 5.74. The molecule has 0 unspecified atom stereocenters. The van der Waals surface area contributed by atoms with Crippen LogP contribution >= 0.6 is 0 Å². The number of hydrogen-bond donors (Lipinski definition) is 1. The van der Waals surface area contributed by atoms with Crippen molar-refractivity contribution in [2.45, 2.75) is 31.1 Å². The van der Waals surface area contributed by atoms with Gasteiger partial charge in [0, 0.05) is 13.1 Å². The Hall–Kier alpha value is -1.89. The van der Waals surface area contributed by atoms with Crippen LogP contribution in [0.1, 0.15) is 36.5 Å². The molecule has 1 atom stereocenters. The molecule has 0 radical (unpaired) electrons. The summed E-state index contributed by atoms with van der Waals surface area (Å²) in [7, 11) is -3.52. The summed E-state index contributed by atoms with van der Waals surface area (Å²) in [5, 5.41) is 9.13. The van der Waals surface area contributed by atoms with Gasteiger partial charge in [0.2, 0.25) is 0 Å². The molecule has 1 aromatic carbocycles. The van der Waals surface area contributed by atoms with Gasteiger partial charge in [0.1, 0.15) is 0 Å². The Morgan fingerprint density at radius 2 is 2.00 bits per heavy atom. The van der Waals surface area contributed by atoms with Gasteiger partial charge in [0.05, 0.1) is 22.1 Å². The first-order valence-corrected chi connectivity index (χ1v) is 9.36. The molecule has 0 saturated carbocycles. The number of aliphatic carboxylic acids is 1. The van der Waals surface area contributed by atoms with Gasteiger partial charge < -0.3 is 10.0 Å². The highest BCUT2D eigenvalue weighted by Crippen LogP contribution is 2.23. The van der Waals surface area contributed by atoms with Crippen LogP contribution < -0.4 is 0 Å². The number of sulfone groups is 1. The van der Waals surface area contributed by atoms with Crippen LogP contribution in [0, 0.1) is 5.92 Å². The highest BCUT2D eigenvalue weighted by atomic mass is 32.2. The average Bonchev–Trinajstić information content (AvgIpc) is 2.54. The Kier molecular flexibility index (Phi) is 5.41. The van der Waals surface area contributed by atoms with E-state index in [1.165, 1.54) is 17.0 Å². The lowest BCUT2D eigenvalue weighted by atomic mass is 9.97. The number of hydrogen-bond acceptors (Lipinski definition) is 4. The first-order chi connectivity index (χ1) is 10.9. The fourth-order valence-corrected chi connectivity index (χ4v) is 4.36. The van der Waals surface area contributed by atoms with E-state index in [-0.39, 0.29) is 22.8 Å². The number of carboxylic acid groups (broad SMARTS) is 1. The number of rotatable bonds is 5. The third-order valence-electron chi connectivity index (χ3n) is 3.98. The summed E-state index contributed by atoms with van der Waals surface area (Å²) < 4.78 is 24.7. The number of benzene rings is 1. The van der Waals surface area contributed by atoms with Gasteiger partial charge in [-0.2, -0.15) is 0 Å². The van der Waals surface area contributed by atoms with Crippen LogP contribution in [0.5, 0.6) is 0 Å². The van der Waals surface area contributed by atoms with E-state index in [1.54, 1.807) is 19.1 Å². The highest BCUT2D eigenvalue weighted by Gasteiger charge is 2.31. The van der Waals surface area contributed by atoms with Gasteiger partial charge in [0.15, 0.2) is 9.84 Å². The molecule has 2 rings (SSSR count). The summed E-state index contributed by atoms with van der Waals surface area (Å²) in [6.07, 6.45) is 1.61. The minimum Gasteiger partial charge on any atom is -0.481 e. The summed E-state index contributed by atoms with van der Waals surface area (Å²) in [5.41, 5.74) is 0.131. The summed E-state index contributed by atoms with van der Waals surface area (Å²) in [5.74, 6) is -1.94. The number of amides is 1. The Balaban J connectivity index is 2.32.